The van der Waals surface area contributed by atoms with E-state index in [1.807, 2.05) is 0 Å². The van der Waals surface area contributed by atoms with Crippen molar-refractivity contribution in [1.82, 2.24) is 5.32 Å². The first kappa shape index (κ1) is 18.6. The quantitative estimate of drug-likeness (QED) is 0.757. The van der Waals surface area contributed by atoms with Gasteiger partial charge in [0, 0.05) is 25.6 Å². The summed E-state index contributed by atoms with van der Waals surface area (Å²) in [6.45, 7) is 1.76. The average molecular weight is 350 g/mol. The molecule has 1 fully saturated rings. The molecule has 0 bridgehead atoms. The van der Waals surface area contributed by atoms with E-state index in [9.17, 15) is 14.4 Å². The summed E-state index contributed by atoms with van der Waals surface area (Å²) in [5, 5.41) is 11.5. The fourth-order valence-corrected chi connectivity index (χ4v) is 2.61. The molecule has 2 rings (SSSR count). The van der Waals surface area contributed by atoms with Gasteiger partial charge in [-0.1, -0.05) is 6.92 Å². The van der Waals surface area contributed by atoms with Crippen LogP contribution in [0.3, 0.4) is 0 Å². The number of carbonyl (C=O) groups excluding carboxylic acids is 2. The lowest BCUT2D eigenvalue weighted by Gasteiger charge is -2.20. The van der Waals surface area contributed by atoms with Crippen LogP contribution in [0.25, 0.3) is 0 Å². The zero-order valence-electron chi connectivity index (χ0n) is 14.4. The Morgan fingerprint density at radius 2 is 2.08 bits per heavy atom. The number of carboxylic acids is 1. The maximum Gasteiger partial charge on any atom is 0.308 e. The van der Waals surface area contributed by atoms with Crippen LogP contribution in [-0.4, -0.2) is 50.2 Å². The molecular formula is C17H22N2O6. The molecule has 1 aromatic carbocycles. The van der Waals surface area contributed by atoms with Gasteiger partial charge in [0.05, 0.1) is 31.7 Å². The van der Waals surface area contributed by atoms with E-state index in [0.717, 1.165) is 0 Å². The van der Waals surface area contributed by atoms with Gasteiger partial charge in [0.15, 0.2) is 0 Å². The van der Waals surface area contributed by atoms with Gasteiger partial charge in [-0.15, -0.1) is 0 Å². The molecule has 2 atom stereocenters. The minimum atomic E-state index is -0.979. The maximum atomic E-state index is 12.3. The van der Waals surface area contributed by atoms with E-state index in [-0.39, 0.29) is 31.3 Å². The summed E-state index contributed by atoms with van der Waals surface area (Å²) in [5.41, 5.74) is 0.572. The van der Waals surface area contributed by atoms with Gasteiger partial charge in [-0.3, -0.25) is 14.4 Å². The lowest BCUT2D eigenvalue weighted by atomic mass is 10.1. The molecule has 8 heteroatoms. The topological polar surface area (TPSA) is 105 Å². The van der Waals surface area contributed by atoms with E-state index in [4.69, 9.17) is 14.6 Å². The van der Waals surface area contributed by atoms with Gasteiger partial charge >= 0.3 is 5.97 Å². The Morgan fingerprint density at radius 3 is 2.68 bits per heavy atom. The number of rotatable bonds is 7. The molecule has 0 aromatic heterocycles. The average Bonchev–Trinajstić information content (AvgIpc) is 3.00. The van der Waals surface area contributed by atoms with Crippen molar-refractivity contribution in [1.29, 1.82) is 0 Å². The maximum absolute atomic E-state index is 12.3. The summed E-state index contributed by atoms with van der Waals surface area (Å²) < 4.78 is 10.4. The second-order valence-corrected chi connectivity index (χ2v) is 5.93. The second kappa shape index (κ2) is 7.87. The number of carbonyl (C=O) groups is 3. The Morgan fingerprint density at radius 1 is 1.36 bits per heavy atom. The zero-order chi connectivity index (χ0) is 18.6. The predicted molar refractivity (Wildman–Crippen MR) is 89.8 cm³/mol. The Balaban J connectivity index is 2.07. The smallest absolute Gasteiger partial charge is 0.308 e. The molecule has 2 N–H and O–H groups in total. The molecule has 1 aromatic rings. The van der Waals surface area contributed by atoms with E-state index < -0.39 is 17.8 Å². The highest BCUT2D eigenvalue weighted by atomic mass is 16.5. The molecule has 1 heterocycles. The summed E-state index contributed by atoms with van der Waals surface area (Å²) in [6, 6.07) is 5.10. The fraction of sp³-hybridized carbons (Fsp3) is 0.471. The standard InChI is InChI=1S/C17H22N2O6/c1-10(17(22)23)8-18-16(21)11-6-15(20)19(9-11)13-5-4-12(24-2)7-14(13)25-3/h4-5,7,10-11H,6,8-9H2,1-3H3,(H,18,21)(H,22,23). The fourth-order valence-electron chi connectivity index (χ4n) is 2.61. The summed E-state index contributed by atoms with van der Waals surface area (Å²) >= 11 is 0. The second-order valence-electron chi connectivity index (χ2n) is 5.93. The largest absolute Gasteiger partial charge is 0.497 e. The van der Waals surface area contributed by atoms with Gasteiger partial charge in [-0.25, -0.2) is 0 Å². The van der Waals surface area contributed by atoms with Crippen molar-refractivity contribution in [3.63, 3.8) is 0 Å². The highest BCUT2D eigenvalue weighted by Gasteiger charge is 2.36. The minimum absolute atomic E-state index is 0.0325. The van der Waals surface area contributed by atoms with E-state index >= 15 is 0 Å². The van der Waals surface area contributed by atoms with Crippen LogP contribution in [-0.2, 0) is 14.4 Å². The molecule has 2 unspecified atom stereocenters. The number of hydrogen-bond donors (Lipinski definition) is 2. The molecule has 25 heavy (non-hydrogen) atoms. The summed E-state index contributed by atoms with van der Waals surface area (Å²) in [4.78, 5) is 36.8. The van der Waals surface area contributed by atoms with Gasteiger partial charge in [0.25, 0.3) is 0 Å². The molecule has 0 aliphatic carbocycles. The van der Waals surface area contributed by atoms with E-state index in [1.54, 1.807) is 18.2 Å². The number of nitrogens with zero attached hydrogens (tertiary/aromatic N) is 1. The van der Waals surface area contributed by atoms with Crippen LogP contribution in [0.2, 0.25) is 0 Å². The van der Waals surface area contributed by atoms with Crippen molar-refractivity contribution in [3.05, 3.63) is 18.2 Å². The van der Waals surface area contributed by atoms with Gasteiger partial charge in [-0.2, -0.15) is 0 Å². The molecule has 8 nitrogen and oxygen atoms in total. The third-order valence-electron chi connectivity index (χ3n) is 4.18. The Hall–Kier alpha value is -2.77. The first-order valence-electron chi connectivity index (χ1n) is 7.90. The van der Waals surface area contributed by atoms with Crippen LogP contribution < -0.4 is 19.7 Å². The molecular weight excluding hydrogens is 328 g/mol. The highest BCUT2D eigenvalue weighted by molar-refractivity contribution is 6.01. The zero-order valence-corrected chi connectivity index (χ0v) is 14.4. The Labute approximate surface area is 145 Å². The summed E-state index contributed by atoms with van der Waals surface area (Å²) in [6.07, 6.45) is 0.0719. The number of anilines is 1. The van der Waals surface area contributed by atoms with Crippen molar-refractivity contribution in [2.75, 3.05) is 32.2 Å². The van der Waals surface area contributed by atoms with Gasteiger partial charge in [0.2, 0.25) is 11.8 Å². The molecule has 1 aliphatic rings. The van der Waals surface area contributed by atoms with Crippen LogP contribution in [0.5, 0.6) is 11.5 Å². The minimum Gasteiger partial charge on any atom is -0.497 e. The summed E-state index contributed by atoms with van der Waals surface area (Å²) in [5.74, 6) is -1.62. The Bertz CT molecular complexity index is 675. The monoisotopic (exact) mass is 350 g/mol. The Kier molecular flexibility index (Phi) is 5.84. The van der Waals surface area contributed by atoms with Gasteiger partial charge in [-0.05, 0) is 12.1 Å². The number of ether oxygens (including phenoxy) is 2. The number of methoxy groups -OCH3 is 2. The number of carboxylic acid groups (broad SMARTS) is 1. The van der Waals surface area contributed by atoms with Crippen molar-refractivity contribution >= 4 is 23.5 Å². The first-order valence-corrected chi connectivity index (χ1v) is 7.90. The lowest BCUT2D eigenvalue weighted by molar-refractivity contribution is -0.141. The normalized spacial score (nSPS) is 18.0. The SMILES string of the molecule is COc1ccc(N2CC(C(=O)NCC(C)C(=O)O)CC2=O)c(OC)c1. The highest BCUT2D eigenvalue weighted by Crippen LogP contribution is 2.35. The molecule has 0 saturated carbocycles. The number of hydrogen-bond acceptors (Lipinski definition) is 5. The van der Waals surface area contributed by atoms with Crippen LogP contribution >= 0.6 is 0 Å². The first-order chi connectivity index (χ1) is 11.9. The number of nitrogens with one attached hydrogen (secondary N) is 1. The van der Waals surface area contributed by atoms with Gasteiger partial charge in [0.1, 0.15) is 11.5 Å². The molecule has 136 valence electrons. The molecule has 1 saturated heterocycles. The van der Waals surface area contributed by atoms with Crippen LogP contribution in [0.15, 0.2) is 18.2 Å². The summed E-state index contributed by atoms with van der Waals surface area (Å²) in [7, 11) is 3.03. The third-order valence-corrected chi connectivity index (χ3v) is 4.18. The number of aliphatic carboxylic acids is 1. The molecule has 1 aliphatic heterocycles. The van der Waals surface area contributed by atoms with Crippen LogP contribution in [0, 0.1) is 11.8 Å². The van der Waals surface area contributed by atoms with Crippen molar-refractivity contribution in [2.24, 2.45) is 11.8 Å². The van der Waals surface area contributed by atoms with Gasteiger partial charge < -0.3 is 24.8 Å². The molecule has 2 amide bonds. The third kappa shape index (κ3) is 4.20. The lowest BCUT2D eigenvalue weighted by Crippen LogP contribution is -2.37. The van der Waals surface area contributed by atoms with Crippen LogP contribution in [0.1, 0.15) is 13.3 Å². The van der Waals surface area contributed by atoms with E-state index in [1.165, 1.54) is 26.0 Å². The van der Waals surface area contributed by atoms with Crippen molar-refractivity contribution in [2.45, 2.75) is 13.3 Å². The van der Waals surface area contributed by atoms with Crippen molar-refractivity contribution in [3.8, 4) is 11.5 Å². The van der Waals surface area contributed by atoms with Crippen LogP contribution in [0.4, 0.5) is 5.69 Å². The van der Waals surface area contributed by atoms with E-state index in [0.29, 0.717) is 17.2 Å². The predicted octanol–water partition coefficient (Wildman–Crippen LogP) is 0.894. The van der Waals surface area contributed by atoms with E-state index in [2.05, 4.69) is 5.32 Å². The molecule has 0 radical (unpaired) electrons. The molecule has 0 spiro atoms. The number of amides is 2. The van der Waals surface area contributed by atoms with Crippen molar-refractivity contribution < 1.29 is 29.0 Å². The number of benzene rings is 1.